The van der Waals surface area contributed by atoms with Crippen LogP contribution in [0.4, 0.5) is 11.9 Å². The molecule has 0 aliphatic heterocycles. The number of hydrogen-bond acceptors (Lipinski definition) is 8. The van der Waals surface area contributed by atoms with Crippen molar-refractivity contribution in [2.24, 2.45) is 5.84 Å². The Bertz CT molecular complexity index is 399. The minimum Gasteiger partial charge on any atom is -0.467 e. The van der Waals surface area contributed by atoms with Crippen molar-refractivity contribution in [2.75, 3.05) is 24.4 Å². The Balaban J connectivity index is 2.02. The van der Waals surface area contributed by atoms with E-state index in [2.05, 4.69) is 25.7 Å². The van der Waals surface area contributed by atoms with Crippen molar-refractivity contribution in [3.05, 3.63) is 0 Å². The lowest BCUT2D eigenvalue weighted by molar-refractivity contribution is 0.0165. The Kier molecular flexibility index (Phi) is 4.33. The van der Waals surface area contributed by atoms with Gasteiger partial charge >= 0.3 is 6.01 Å². The number of rotatable bonds is 5. The van der Waals surface area contributed by atoms with Crippen LogP contribution in [0.15, 0.2) is 0 Å². The van der Waals surface area contributed by atoms with Gasteiger partial charge in [0.15, 0.2) is 0 Å². The van der Waals surface area contributed by atoms with Gasteiger partial charge in [-0.25, -0.2) is 5.84 Å². The molecule has 1 aromatic heterocycles. The van der Waals surface area contributed by atoms with Gasteiger partial charge in [0, 0.05) is 6.54 Å². The maximum absolute atomic E-state index is 10.4. The van der Waals surface area contributed by atoms with Crippen molar-refractivity contribution in [3.63, 3.8) is 0 Å². The van der Waals surface area contributed by atoms with E-state index >= 15 is 0 Å². The zero-order chi connectivity index (χ0) is 13.7. The van der Waals surface area contributed by atoms with Crippen molar-refractivity contribution in [1.29, 1.82) is 0 Å². The predicted molar refractivity (Wildman–Crippen MR) is 70.7 cm³/mol. The van der Waals surface area contributed by atoms with E-state index in [0.717, 1.165) is 25.7 Å². The van der Waals surface area contributed by atoms with Gasteiger partial charge in [0.2, 0.25) is 11.9 Å². The first-order valence-corrected chi connectivity index (χ1v) is 6.38. The molecule has 0 aromatic carbocycles. The SMILES string of the molecule is COc1nc(NN)nc(NCC2(O)CCCCC2)n1. The molecule has 5 N–H and O–H groups in total. The Labute approximate surface area is 111 Å². The van der Waals surface area contributed by atoms with Crippen molar-refractivity contribution in [1.82, 2.24) is 15.0 Å². The van der Waals surface area contributed by atoms with Crippen LogP contribution in [0.2, 0.25) is 0 Å². The van der Waals surface area contributed by atoms with Crippen LogP contribution in [0.1, 0.15) is 32.1 Å². The Morgan fingerprint density at radius 2 is 1.89 bits per heavy atom. The zero-order valence-electron chi connectivity index (χ0n) is 11.0. The average molecular weight is 268 g/mol. The Hall–Kier alpha value is -1.67. The lowest BCUT2D eigenvalue weighted by atomic mass is 9.85. The molecule has 0 atom stereocenters. The molecule has 0 unspecified atom stereocenters. The molecular weight excluding hydrogens is 248 g/mol. The summed E-state index contributed by atoms with van der Waals surface area (Å²) in [6.07, 6.45) is 4.88. The summed E-state index contributed by atoms with van der Waals surface area (Å²) in [5.74, 6) is 5.82. The normalized spacial score (nSPS) is 17.8. The highest BCUT2D eigenvalue weighted by Gasteiger charge is 2.29. The first-order chi connectivity index (χ1) is 9.15. The van der Waals surface area contributed by atoms with Crippen LogP contribution in [-0.2, 0) is 0 Å². The number of anilines is 2. The number of nitrogens with one attached hydrogen (secondary N) is 2. The molecule has 106 valence electrons. The van der Waals surface area contributed by atoms with E-state index in [4.69, 9.17) is 10.6 Å². The number of nitrogens with zero attached hydrogens (tertiary/aromatic N) is 3. The van der Waals surface area contributed by atoms with Gasteiger partial charge < -0.3 is 15.2 Å². The predicted octanol–water partition coefficient (Wildman–Crippen LogP) is 0.273. The first-order valence-electron chi connectivity index (χ1n) is 6.38. The molecule has 8 heteroatoms. The topological polar surface area (TPSA) is 118 Å². The van der Waals surface area contributed by atoms with E-state index in [9.17, 15) is 5.11 Å². The van der Waals surface area contributed by atoms with Crippen LogP contribution in [0.5, 0.6) is 6.01 Å². The van der Waals surface area contributed by atoms with Crippen molar-refractivity contribution >= 4 is 11.9 Å². The van der Waals surface area contributed by atoms with E-state index in [1.54, 1.807) is 0 Å². The van der Waals surface area contributed by atoms with Gasteiger partial charge in [0.25, 0.3) is 0 Å². The van der Waals surface area contributed by atoms with E-state index in [0.29, 0.717) is 12.5 Å². The highest BCUT2D eigenvalue weighted by molar-refractivity contribution is 5.35. The molecule has 0 radical (unpaired) electrons. The van der Waals surface area contributed by atoms with Gasteiger partial charge in [-0.3, -0.25) is 5.43 Å². The largest absolute Gasteiger partial charge is 0.467 e. The summed E-state index contributed by atoms with van der Waals surface area (Å²) in [7, 11) is 1.47. The quantitative estimate of drug-likeness (QED) is 0.444. The molecule has 1 saturated carbocycles. The molecule has 0 spiro atoms. The molecule has 1 fully saturated rings. The van der Waals surface area contributed by atoms with E-state index in [1.807, 2.05) is 0 Å². The third kappa shape index (κ3) is 3.65. The molecule has 8 nitrogen and oxygen atoms in total. The Morgan fingerprint density at radius 1 is 1.21 bits per heavy atom. The fraction of sp³-hybridized carbons (Fsp3) is 0.727. The zero-order valence-corrected chi connectivity index (χ0v) is 11.0. The first kappa shape index (κ1) is 13.8. The van der Waals surface area contributed by atoms with Gasteiger partial charge in [-0.1, -0.05) is 19.3 Å². The minimum absolute atomic E-state index is 0.168. The standard InChI is InChI=1S/C11H20N6O2/c1-19-10-15-8(14-9(16-10)17-12)13-7-11(18)5-3-2-4-6-11/h18H,2-7,12H2,1H3,(H2,13,14,15,16,17). The molecule has 0 bridgehead atoms. The van der Waals surface area contributed by atoms with E-state index < -0.39 is 5.60 Å². The lowest BCUT2D eigenvalue weighted by Gasteiger charge is -2.32. The molecule has 1 heterocycles. The number of ether oxygens (including phenoxy) is 1. The van der Waals surface area contributed by atoms with Gasteiger partial charge in [-0.2, -0.15) is 15.0 Å². The highest BCUT2D eigenvalue weighted by Crippen LogP contribution is 2.28. The van der Waals surface area contributed by atoms with Crippen LogP contribution in [0.3, 0.4) is 0 Å². The second-order valence-corrected chi connectivity index (χ2v) is 4.75. The summed E-state index contributed by atoms with van der Waals surface area (Å²) in [4.78, 5) is 12.0. The number of hydrogen-bond donors (Lipinski definition) is 4. The lowest BCUT2D eigenvalue weighted by Crippen LogP contribution is -2.39. The third-order valence-electron chi connectivity index (χ3n) is 3.29. The van der Waals surface area contributed by atoms with Crippen molar-refractivity contribution in [3.8, 4) is 6.01 Å². The van der Waals surface area contributed by atoms with Crippen LogP contribution in [0, 0.1) is 0 Å². The summed E-state index contributed by atoms with van der Waals surface area (Å²) in [6, 6.07) is 0.168. The maximum atomic E-state index is 10.4. The Morgan fingerprint density at radius 3 is 2.53 bits per heavy atom. The number of methoxy groups -OCH3 is 1. The number of nitrogen functional groups attached to an aromatic ring is 1. The fourth-order valence-electron chi connectivity index (χ4n) is 2.22. The number of aliphatic hydroxyl groups is 1. The second-order valence-electron chi connectivity index (χ2n) is 4.75. The average Bonchev–Trinajstić information content (AvgIpc) is 2.45. The molecular formula is C11H20N6O2. The highest BCUT2D eigenvalue weighted by atomic mass is 16.5. The minimum atomic E-state index is -0.686. The number of aromatic nitrogens is 3. The second kappa shape index (κ2) is 5.98. The summed E-state index contributed by atoms with van der Waals surface area (Å²) >= 11 is 0. The van der Waals surface area contributed by atoms with Gasteiger partial charge in [0.1, 0.15) is 0 Å². The molecule has 2 rings (SSSR count). The maximum Gasteiger partial charge on any atom is 0.322 e. The van der Waals surface area contributed by atoms with Gasteiger partial charge in [-0.05, 0) is 12.8 Å². The molecule has 0 saturated heterocycles. The summed E-state index contributed by atoms with van der Waals surface area (Å²) in [5, 5.41) is 13.4. The molecule has 1 aliphatic carbocycles. The molecule has 0 amide bonds. The number of nitrogens with two attached hydrogens (primary N) is 1. The fourth-order valence-corrected chi connectivity index (χ4v) is 2.22. The van der Waals surface area contributed by atoms with E-state index in [-0.39, 0.29) is 12.0 Å². The number of hydrazine groups is 1. The van der Waals surface area contributed by atoms with Crippen LogP contribution < -0.4 is 21.3 Å². The van der Waals surface area contributed by atoms with Crippen LogP contribution in [0.25, 0.3) is 0 Å². The van der Waals surface area contributed by atoms with Crippen LogP contribution in [-0.4, -0.2) is 39.3 Å². The summed E-state index contributed by atoms with van der Waals surface area (Å²) < 4.78 is 4.95. The van der Waals surface area contributed by atoms with E-state index in [1.165, 1.54) is 13.5 Å². The van der Waals surface area contributed by atoms with Gasteiger partial charge in [0.05, 0.1) is 12.7 Å². The molecule has 19 heavy (non-hydrogen) atoms. The van der Waals surface area contributed by atoms with Crippen LogP contribution >= 0.6 is 0 Å². The smallest absolute Gasteiger partial charge is 0.322 e. The monoisotopic (exact) mass is 268 g/mol. The molecule has 1 aliphatic rings. The van der Waals surface area contributed by atoms with Gasteiger partial charge in [-0.15, -0.1) is 0 Å². The van der Waals surface area contributed by atoms with Crippen molar-refractivity contribution < 1.29 is 9.84 Å². The summed E-state index contributed by atoms with van der Waals surface area (Å²) in [5.41, 5.74) is 1.66. The summed E-state index contributed by atoms with van der Waals surface area (Å²) in [6.45, 7) is 0.407. The molecule has 1 aromatic rings. The third-order valence-corrected chi connectivity index (χ3v) is 3.29. The van der Waals surface area contributed by atoms with Crippen molar-refractivity contribution in [2.45, 2.75) is 37.7 Å².